The lowest BCUT2D eigenvalue weighted by Gasteiger charge is -1.79. The quantitative estimate of drug-likeness (QED) is 0.436. The monoisotopic (exact) mass is 125 g/mol. The Morgan fingerprint density at radius 3 is 1.00 bits per heavy atom. The van der Waals surface area contributed by atoms with E-state index in [0.29, 0.717) is 0 Å². The molecule has 0 aromatic carbocycles. The molecule has 0 fully saturated rings. The van der Waals surface area contributed by atoms with E-state index in [1.807, 2.05) is 20.9 Å². The van der Waals surface area contributed by atoms with E-state index in [4.69, 9.17) is 0 Å². The van der Waals surface area contributed by atoms with Crippen LogP contribution in [0.3, 0.4) is 0 Å². The van der Waals surface area contributed by atoms with Crippen LogP contribution in [0.25, 0.3) is 0 Å². The standard InChI is InChI=1S/C4H10.C2H6B.CH3B/c1-4(2)3;1-3-2;1-2/h4H,1-3H3;1-2H3;1H3. The molecule has 0 nitrogen and oxygen atoms in total. The first-order valence-corrected chi connectivity index (χ1v) is 3.46. The third kappa shape index (κ3) is 18100. The molecule has 0 spiro atoms. The molecule has 9 heavy (non-hydrogen) atoms. The molecule has 0 aliphatic rings. The van der Waals surface area contributed by atoms with Gasteiger partial charge in [-0.2, -0.15) is 0 Å². The van der Waals surface area contributed by atoms with Crippen LogP contribution in [-0.4, -0.2) is 15.1 Å². The van der Waals surface area contributed by atoms with E-state index in [9.17, 15) is 0 Å². The lowest BCUT2D eigenvalue weighted by atomic mass is 9.88. The zero-order valence-corrected chi connectivity index (χ0v) is 7.73. The summed E-state index contributed by atoms with van der Waals surface area (Å²) in [5.41, 5.74) is 0. The van der Waals surface area contributed by atoms with Gasteiger partial charge in [0.2, 0.25) is 0 Å². The summed E-state index contributed by atoms with van der Waals surface area (Å²) in [5, 5.41) is 0. The van der Waals surface area contributed by atoms with Crippen molar-refractivity contribution in [3.8, 4) is 0 Å². The van der Waals surface area contributed by atoms with E-state index in [-0.39, 0.29) is 0 Å². The molecule has 0 amide bonds. The number of hydrogen-bond donors (Lipinski definition) is 0. The Morgan fingerprint density at radius 1 is 1.00 bits per heavy atom. The van der Waals surface area contributed by atoms with Crippen molar-refractivity contribution in [1.82, 2.24) is 0 Å². The summed E-state index contributed by atoms with van der Waals surface area (Å²) in [6.07, 6.45) is 0. The van der Waals surface area contributed by atoms with Crippen LogP contribution < -0.4 is 0 Å². The van der Waals surface area contributed by atoms with E-state index in [1.54, 1.807) is 0 Å². The first kappa shape index (κ1) is 16.1. The minimum atomic E-state index is 0.833. The lowest BCUT2D eigenvalue weighted by Crippen LogP contribution is -1.66. The fourth-order valence-corrected chi connectivity index (χ4v) is 0. The Labute approximate surface area is 63.1 Å². The van der Waals surface area contributed by atoms with Crippen molar-refractivity contribution < 1.29 is 0 Å². The van der Waals surface area contributed by atoms with Crippen molar-refractivity contribution in [3.05, 3.63) is 0 Å². The molecule has 0 aliphatic heterocycles. The zero-order chi connectivity index (χ0) is 8.28. The molecule has 0 aromatic rings. The van der Waals surface area contributed by atoms with Crippen LogP contribution in [0.4, 0.5) is 0 Å². The fraction of sp³-hybridized carbons (Fsp3) is 1.00. The van der Waals surface area contributed by atoms with Gasteiger partial charge >= 0.3 is 0 Å². The van der Waals surface area contributed by atoms with Gasteiger partial charge in [-0.3, -0.25) is 0 Å². The Morgan fingerprint density at radius 2 is 1.00 bits per heavy atom. The highest BCUT2D eigenvalue weighted by atomic mass is 13.7. The topological polar surface area (TPSA) is 0 Å². The second-order valence-corrected chi connectivity index (χ2v) is 2.31. The van der Waals surface area contributed by atoms with Gasteiger partial charge in [-0.05, 0) is 5.92 Å². The van der Waals surface area contributed by atoms with Crippen molar-refractivity contribution >= 4 is 15.1 Å². The van der Waals surface area contributed by atoms with Gasteiger partial charge in [-0.1, -0.05) is 41.2 Å². The van der Waals surface area contributed by atoms with Crippen molar-refractivity contribution in [2.24, 2.45) is 5.92 Å². The molecule has 0 atom stereocenters. The molecule has 0 saturated heterocycles. The van der Waals surface area contributed by atoms with E-state index >= 15 is 0 Å². The maximum absolute atomic E-state index is 4.50. The number of hydrogen-bond acceptors (Lipinski definition) is 0. The highest BCUT2D eigenvalue weighted by molar-refractivity contribution is 6.31. The Bertz CT molecular complexity index is 18.1. The van der Waals surface area contributed by atoms with Crippen LogP contribution in [-0.2, 0) is 0 Å². The van der Waals surface area contributed by atoms with Gasteiger partial charge in [-0.15, -0.1) is 0 Å². The summed E-state index contributed by atoms with van der Waals surface area (Å²) in [6.45, 7) is 12.0. The van der Waals surface area contributed by atoms with Crippen LogP contribution >= 0.6 is 0 Å². The summed E-state index contributed by atoms with van der Waals surface area (Å²) in [7, 11) is 6.50. The molecule has 0 aromatic heterocycles. The van der Waals surface area contributed by atoms with Crippen molar-refractivity contribution in [1.29, 1.82) is 0 Å². The van der Waals surface area contributed by atoms with E-state index in [1.165, 1.54) is 6.82 Å². The van der Waals surface area contributed by atoms with E-state index in [2.05, 4.69) is 28.6 Å². The summed E-state index contributed by atoms with van der Waals surface area (Å²) < 4.78 is 0. The number of rotatable bonds is 0. The maximum Gasteiger partial charge on any atom is 0.102 e. The third-order valence-electron chi connectivity index (χ3n) is 0. The smallest absolute Gasteiger partial charge is 0.0999 e. The van der Waals surface area contributed by atoms with Gasteiger partial charge in [0.25, 0.3) is 0 Å². The molecule has 0 unspecified atom stereocenters. The molecular formula is C7H19B2. The van der Waals surface area contributed by atoms with E-state index in [0.717, 1.165) is 5.92 Å². The Balaban J connectivity index is -0.0000000646. The zero-order valence-electron chi connectivity index (χ0n) is 7.73. The van der Waals surface area contributed by atoms with Crippen molar-refractivity contribution in [3.63, 3.8) is 0 Å². The minimum Gasteiger partial charge on any atom is -0.0999 e. The average Bonchev–Trinajstić information content (AvgIpc) is 1.71. The average molecular weight is 125 g/mol. The normalized spacial score (nSPS) is 6.11. The molecule has 2 heteroatoms. The van der Waals surface area contributed by atoms with Gasteiger partial charge in [0, 0.05) is 0 Å². The van der Waals surface area contributed by atoms with Crippen LogP contribution in [0.2, 0.25) is 20.5 Å². The van der Waals surface area contributed by atoms with Crippen LogP contribution in [0.15, 0.2) is 0 Å². The molecule has 0 aliphatic carbocycles. The predicted molar refractivity (Wildman–Crippen MR) is 49.6 cm³/mol. The summed E-state index contributed by atoms with van der Waals surface area (Å²) >= 11 is 0. The Hall–Kier alpha value is 0.130. The first-order chi connectivity index (χ1) is 4.15. The molecule has 53 valence electrons. The molecule has 3 radical (unpaired) electrons. The van der Waals surface area contributed by atoms with Crippen LogP contribution in [0, 0.1) is 5.92 Å². The molecular weight excluding hydrogens is 106 g/mol. The largest absolute Gasteiger partial charge is 0.102 e. The fourth-order valence-electron chi connectivity index (χ4n) is 0. The molecule has 0 N–H and O–H groups in total. The Kier molecular flexibility index (Phi) is 43.2. The third-order valence-corrected chi connectivity index (χ3v) is 0. The second-order valence-electron chi connectivity index (χ2n) is 2.31. The summed E-state index contributed by atoms with van der Waals surface area (Å²) in [4.78, 5) is 0. The van der Waals surface area contributed by atoms with Gasteiger partial charge < -0.3 is 0 Å². The summed E-state index contributed by atoms with van der Waals surface area (Å²) in [6, 6.07) is 0. The highest BCUT2D eigenvalue weighted by Crippen LogP contribution is 1.81. The van der Waals surface area contributed by atoms with Gasteiger partial charge in [-0.25, -0.2) is 0 Å². The SMILES string of the molecule is CC(C)C.C[B]C.[B]C. The van der Waals surface area contributed by atoms with Crippen LogP contribution in [0.1, 0.15) is 20.8 Å². The predicted octanol–water partition coefficient (Wildman–Crippen LogP) is 2.65. The lowest BCUT2D eigenvalue weighted by molar-refractivity contribution is 0.737. The van der Waals surface area contributed by atoms with Gasteiger partial charge in [0.05, 0.1) is 7.85 Å². The molecule has 0 bridgehead atoms. The first-order valence-electron chi connectivity index (χ1n) is 3.46. The van der Waals surface area contributed by atoms with Crippen molar-refractivity contribution in [2.45, 2.75) is 41.2 Å². The van der Waals surface area contributed by atoms with Gasteiger partial charge in [0.15, 0.2) is 0 Å². The van der Waals surface area contributed by atoms with Crippen LogP contribution in [0.5, 0.6) is 0 Å². The highest BCUT2D eigenvalue weighted by Gasteiger charge is 1.68. The second kappa shape index (κ2) is 24.2. The van der Waals surface area contributed by atoms with Crippen molar-refractivity contribution in [2.75, 3.05) is 0 Å². The van der Waals surface area contributed by atoms with E-state index < -0.39 is 0 Å². The molecule has 0 saturated carbocycles. The molecule has 0 heterocycles. The maximum atomic E-state index is 4.50. The minimum absolute atomic E-state index is 0.833. The van der Waals surface area contributed by atoms with Gasteiger partial charge in [0.1, 0.15) is 7.28 Å². The summed E-state index contributed by atoms with van der Waals surface area (Å²) in [5.74, 6) is 0.833. The molecule has 0 rings (SSSR count).